The first-order chi connectivity index (χ1) is 15.0. The molecule has 0 aromatic carbocycles. The number of aliphatic hydroxyl groups is 3. The molecule has 3 fully saturated rings. The Hall–Kier alpha value is -0.940. The molecule has 3 saturated carbocycles. The Balaban J connectivity index is 1.76. The van der Waals surface area contributed by atoms with Crippen LogP contribution in [0.15, 0.2) is 35.5 Å². The predicted octanol–water partition coefficient (Wildman–Crippen LogP) is 5.33. The number of methoxy groups -OCH3 is 1. The monoisotopic (exact) mass is 446 g/mol. The molecule has 0 heterocycles. The summed E-state index contributed by atoms with van der Waals surface area (Å²) < 4.78 is 5.55. The molecular formula is C28H46O4. The summed E-state index contributed by atoms with van der Waals surface area (Å²) in [5.74, 6) is 2.00. The highest BCUT2D eigenvalue weighted by Crippen LogP contribution is 2.60. The van der Waals surface area contributed by atoms with Gasteiger partial charge >= 0.3 is 0 Å². The van der Waals surface area contributed by atoms with Gasteiger partial charge in [-0.2, -0.15) is 0 Å². The molecule has 1 unspecified atom stereocenters. The van der Waals surface area contributed by atoms with Crippen molar-refractivity contribution in [3.8, 4) is 0 Å². The average molecular weight is 447 g/mol. The smallest absolute Gasteiger partial charge is 0.108 e. The molecule has 0 aliphatic heterocycles. The first-order valence-electron chi connectivity index (χ1n) is 12.7. The van der Waals surface area contributed by atoms with Gasteiger partial charge < -0.3 is 20.1 Å². The number of hydrogen-bond donors (Lipinski definition) is 3. The lowest BCUT2D eigenvalue weighted by Crippen LogP contribution is -2.40. The zero-order valence-corrected chi connectivity index (χ0v) is 20.9. The molecule has 0 bridgehead atoms. The maximum absolute atomic E-state index is 10.4. The Morgan fingerprint density at radius 2 is 1.97 bits per heavy atom. The van der Waals surface area contributed by atoms with Crippen LogP contribution in [0.4, 0.5) is 0 Å². The van der Waals surface area contributed by atoms with Gasteiger partial charge in [-0.1, -0.05) is 51.0 Å². The Labute approximate surface area is 195 Å². The van der Waals surface area contributed by atoms with Crippen molar-refractivity contribution in [2.45, 2.75) is 109 Å². The minimum Gasteiger partial charge on any atom is -0.390 e. The van der Waals surface area contributed by atoms with Crippen LogP contribution in [-0.2, 0) is 4.74 Å². The molecule has 0 aromatic rings. The minimum atomic E-state index is -0.710. The molecule has 32 heavy (non-hydrogen) atoms. The summed E-state index contributed by atoms with van der Waals surface area (Å²) >= 11 is 0. The van der Waals surface area contributed by atoms with Crippen LogP contribution in [0.1, 0.15) is 85.5 Å². The van der Waals surface area contributed by atoms with Crippen LogP contribution in [-0.4, -0.2) is 46.3 Å². The quantitative estimate of drug-likeness (QED) is 0.494. The summed E-state index contributed by atoms with van der Waals surface area (Å²) in [6, 6.07) is 0. The average Bonchev–Trinajstić information content (AvgIpc) is 3.06. The van der Waals surface area contributed by atoms with Gasteiger partial charge in [0.2, 0.25) is 0 Å². The zero-order valence-electron chi connectivity index (χ0n) is 20.9. The van der Waals surface area contributed by atoms with Crippen molar-refractivity contribution in [2.24, 2.45) is 23.2 Å². The molecule has 7 atom stereocenters. The molecule has 3 rings (SSSR count). The summed E-state index contributed by atoms with van der Waals surface area (Å²) in [5.41, 5.74) is 2.77. The van der Waals surface area contributed by atoms with Gasteiger partial charge in [-0.25, -0.2) is 0 Å². The lowest BCUT2D eigenvalue weighted by atomic mass is 9.60. The molecule has 0 radical (unpaired) electrons. The van der Waals surface area contributed by atoms with Gasteiger partial charge in [0.1, 0.15) is 6.10 Å². The maximum atomic E-state index is 10.4. The van der Waals surface area contributed by atoms with Gasteiger partial charge in [-0.15, -0.1) is 0 Å². The molecular weight excluding hydrogens is 400 g/mol. The van der Waals surface area contributed by atoms with Crippen molar-refractivity contribution in [3.05, 3.63) is 35.5 Å². The van der Waals surface area contributed by atoms with E-state index < -0.39 is 23.9 Å². The van der Waals surface area contributed by atoms with Gasteiger partial charge in [0.25, 0.3) is 0 Å². The highest BCUT2D eigenvalue weighted by Gasteiger charge is 2.50. The Bertz CT molecular complexity index is 730. The summed E-state index contributed by atoms with van der Waals surface area (Å²) in [7, 11) is 1.61. The third kappa shape index (κ3) is 5.41. The van der Waals surface area contributed by atoms with E-state index in [2.05, 4.69) is 32.6 Å². The van der Waals surface area contributed by atoms with E-state index in [0.29, 0.717) is 22.8 Å². The molecule has 3 aliphatic carbocycles. The molecule has 0 spiro atoms. The van der Waals surface area contributed by atoms with Crippen molar-refractivity contribution in [2.75, 3.05) is 7.11 Å². The second-order valence-electron chi connectivity index (χ2n) is 11.6. The first-order valence-corrected chi connectivity index (χ1v) is 12.7. The van der Waals surface area contributed by atoms with E-state index >= 15 is 0 Å². The maximum Gasteiger partial charge on any atom is 0.108 e. The second kappa shape index (κ2) is 10.1. The Kier molecular flexibility index (Phi) is 8.13. The van der Waals surface area contributed by atoms with Gasteiger partial charge in [0.15, 0.2) is 0 Å². The van der Waals surface area contributed by atoms with Crippen LogP contribution in [0, 0.1) is 23.2 Å². The summed E-state index contributed by atoms with van der Waals surface area (Å²) in [6.07, 6.45) is 12.0. The van der Waals surface area contributed by atoms with E-state index in [9.17, 15) is 15.3 Å². The molecule has 0 amide bonds. The Morgan fingerprint density at radius 1 is 1.25 bits per heavy atom. The van der Waals surface area contributed by atoms with Crippen LogP contribution in [0.25, 0.3) is 0 Å². The lowest BCUT2D eigenvalue weighted by Gasteiger charge is -2.44. The highest BCUT2D eigenvalue weighted by atomic mass is 16.5. The predicted molar refractivity (Wildman–Crippen MR) is 130 cm³/mol. The zero-order chi connectivity index (χ0) is 23.7. The van der Waals surface area contributed by atoms with E-state index in [0.717, 1.165) is 30.8 Å². The fraction of sp³-hybridized carbons (Fsp3) is 0.786. The lowest BCUT2D eigenvalue weighted by molar-refractivity contribution is -0.0242. The SMILES string of the molecule is C=C1/C(=C/C=C2\CCC[C@]3(C)[C@@H]([C@H](C)CCCC(C)(C)O)CC[C@@H]23)C(OC)[C@@H](O)C[C@@H]1O. The highest BCUT2D eigenvalue weighted by molar-refractivity contribution is 5.42. The van der Waals surface area contributed by atoms with Crippen molar-refractivity contribution in [1.82, 2.24) is 0 Å². The van der Waals surface area contributed by atoms with Crippen LogP contribution in [0.2, 0.25) is 0 Å². The fourth-order valence-corrected chi connectivity index (χ4v) is 7.03. The number of ether oxygens (including phenoxy) is 1. The summed E-state index contributed by atoms with van der Waals surface area (Å²) in [6.45, 7) is 12.8. The standard InChI is InChI=1S/C28H46O4/c1-18(9-7-15-27(3,4)31)22-13-14-23-20(10-8-16-28(22,23)5)11-12-21-19(2)24(29)17-25(30)26(21)32-6/h11-12,18,22-26,29-31H,2,7-10,13-17H2,1,3-6H3/b20-11+,21-12-/t18-,22-,23+,24+,25+,26?,28-/m1/s1. The Morgan fingerprint density at radius 3 is 2.62 bits per heavy atom. The van der Waals surface area contributed by atoms with Gasteiger partial charge in [0.05, 0.1) is 17.8 Å². The number of rotatable bonds is 7. The largest absolute Gasteiger partial charge is 0.390 e. The molecule has 3 N–H and O–H groups in total. The molecule has 182 valence electrons. The fourth-order valence-electron chi connectivity index (χ4n) is 7.03. The van der Waals surface area contributed by atoms with Gasteiger partial charge in [-0.3, -0.25) is 0 Å². The second-order valence-corrected chi connectivity index (χ2v) is 11.6. The summed E-state index contributed by atoms with van der Waals surface area (Å²) in [5, 5.41) is 30.7. The molecule has 3 aliphatic rings. The van der Waals surface area contributed by atoms with Gasteiger partial charge in [-0.05, 0) is 86.7 Å². The van der Waals surface area contributed by atoms with E-state index in [4.69, 9.17) is 4.74 Å². The number of aliphatic hydroxyl groups excluding tert-OH is 2. The van der Waals surface area contributed by atoms with Crippen LogP contribution >= 0.6 is 0 Å². The topological polar surface area (TPSA) is 69.9 Å². The van der Waals surface area contributed by atoms with Crippen molar-refractivity contribution >= 4 is 0 Å². The molecule has 0 aromatic heterocycles. The number of allylic oxidation sites excluding steroid dienone is 3. The van der Waals surface area contributed by atoms with E-state index in [1.54, 1.807) is 7.11 Å². The van der Waals surface area contributed by atoms with Crippen molar-refractivity contribution < 1.29 is 20.1 Å². The van der Waals surface area contributed by atoms with E-state index in [-0.39, 0.29) is 6.42 Å². The first kappa shape index (κ1) is 25.7. The van der Waals surface area contributed by atoms with Gasteiger partial charge in [0, 0.05) is 13.5 Å². The van der Waals surface area contributed by atoms with Crippen LogP contribution in [0.5, 0.6) is 0 Å². The molecule has 4 heteroatoms. The molecule has 4 nitrogen and oxygen atoms in total. The van der Waals surface area contributed by atoms with Crippen molar-refractivity contribution in [3.63, 3.8) is 0 Å². The third-order valence-electron chi connectivity index (χ3n) is 8.80. The normalized spacial score (nSPS) is 39.5. The minimum absolute atomic E-state index is 0.277. The molecule has 0 saturated heterocycles. The number of fused-ring (bicyclic) bond motifs is 1. The van der Waals surface area contributed by atoms with Crippen molar-refractivity contribution in [1.29, 1.82) is 0 Å². The number of hydrogen-bond acceptors (Lipinski definition) is 4. The van der Waals surface area contributed by atoms with Crippen LogP contribution in [0.3, 0.4) is 0 Å². The van der Waals surface area contributed by atoms with E-state index in [1.807, 2.05) is 13.8 Å². The van der Waals surface area contributed by atoms with E-state index in [1.165, 1.54) is 37.7 Å². The van der Waals surface area contributed by atoms with Crippen LogP contribution < -0.4 is 0 Å². The third-order valence-corrected chi connectivity index (χ3v) is 8.80. The summed E-state index contributed by atoms with van der Waals surface area (Å²) in [4.78, 5) is 0.